The van der Waals surface area contributed by atoms with E-state index in [1.807, 2.05) is 19.1 Å². The van der Waals surface area contributed by atoms with Crippen LogP contribution in [0.15, 0.2) is 12.1 Å². The van der Waals surface area contributed by atoms with Crippen molar-refractivity contribution in [3.05, 3.63) is 23.4 Å². The first-order chi connectivity index (χ1) is 6.99. The lowest BCUT2D eigenvalue weighted by atomic mass is 10.2. The van der Waals surface area contributed by atoms with Crippen LogP contribution in [0.25, 0.3) is 0 Å². The summed E-state index contributed by atoms with van der Waals surface area (Å²) in [6.45, 7) is 7.13. The first-order valence-corrected chi connectivity index (χ1v) is 5.42. The highest BCUT2D eigenvalue weighted by Crippen LogP contribution is 2.10. The Labute approximate surface area is 96.1 Å². The number of thiocarbonyl (C=S) groups is 1. The lowest BCUT2D eigenvalue weighted by Gasteiger charge is -2.10. The zero-order valence-corrected chi connectivity index (χ0v) is 10.2. The van der Waals surface area contributed by atoms with Gasteiger partial charge in [-0.1, -0.05) is 26.1 Å². The number of aryl methyl sites for hydroxylation is 1. The molecule has 0 aliphatic carbocycles. The summed E-state index contributed by atoms with van der Waals surface area (Å²) in [5.74, 6) is 1.42. The summed E-state index contributed by atoms with van der Waals surface area (Å²) >= 11 is 4.94. The minimum atomic E-state index is 0.410. The highest BCUT2D eigenvalue weighted by molar-refractivity contribution is 7.80. The van der Waals surface area contributed by atoms with E-state index in [0.29, 0.717) is 10.9 Å². The van der Waals surface area contributed by atoms with Crippen molar-refractivity contribution in [2.75, 3.05) is 11.9 Å². The third-order valence-electron chi connectivity index (χ3n) is 1.93. The van der Waals surface area contributed by atoms with E-state index in [0.717, 1.165) is 23.6 Å². The fraction of sp³-hybridized carbons (Fsp3) is 0.455. The van der Waals surface area contributed by atoms with Gasteiger partial charge >= 0.3 is 0 Å². The van der Waals surface area contributed by atoms with Gasteiger partial charge in [0.05, 0.1) is 0 Å². The monoisotopic (exact) mass is 223 g/mol. The molecular weight excluding hydrogens is 206 g/mol. The first kappa shape index (κ1) is 11.9. The largest absolute Gasteiger partial charge is 0.389 e. The van der Waals surface area contributed by atoms with Gasteiger partial charge in [-0.05, 0) is 25.0 Å². The third-order valence-corrected chi connectivity index (χ3v) is 2.17. The summed E-state index contributed by atoms with van der Waals surface area (Å²) in [6, 6.07) is 3.78. The van der Waals surface area contributed by atoms with Crippen LogP contribution in [-0.2, 0) is 0 Å². The summed E-state index contributed by atoms with van der Waals surface area (Å²) in [5.41, 5.74) is 7.37. The fourth-order valence-electron chi connectivity index (χ4n) is 1.21. The lowest BCUT2D eigenvalue weighted by molar-refractivity contribution is 0.687. The van der Waals surface area contributed by atoms with E-state index >= 15 is 0 Å². The van der Waals surface area contributed by atoms with Crippen molar-refractivity contribution in [1.82, 2.24) is 4.98 Å². The predicted molar refractivity (Wildman–Crippen MR) is 68.2 cm³/mol. The lowest BCUT2D eigenvalue weighted by Crippen LogP contribution is -2.13. The van der Waals surface area contributed by atoms with Crippen LogP contribution < -0.4 is 11.1 Å². The Bertz CT molecular complexity index is 361. The number of nitrogens with one attached hydrogen (secondary N) is 1. The molecule has 1 rings (SSSR count). The molecule has 0 fully saturated rings. The van der Waals surface area contributed by atoms with Crippen LogP contribution >= 0.6 is 12.2 Å². The normalized spacial score (nSPS) is 10.4. The summed E-state index contributed by atoms with van der Waals surface area (Å²) in [6.07, 6.45) is 0. The van der Waals surface area contributed by atoms with Crippen molar-refractivity contribution in [2.24, 2.45) is 11.7 Å². The van der Waals surface area contributed by atoms with Crippen LogP contribution in [0.2, 0.25) is 0 Å². The second-order valence-electron chi connectivity index (χ2n) is 4.02. The molecule has 1 aromatic heterocycles. The molecule has 3 nitrogen and oxygen atoms in total. The van der Waals surface area contributed by atoms with Gasteiger partial charge < -0.3 is 11.1 Å². The van der Waals surface area contributed by atoms with Gasteiger partial charge in [0.1, 0.15) is 10.8 Å². The van der Waals surface area contributed by atoms with E-state index in [1.165, 1.54) is 0 Å². The first-order valence-electron chi connectivity index (χ1n) is 5.01. The summed E-state index contributed by atoms with van der Waals surface area (Å²) in [5, 5.41) is 3.25. The number of aromatic nitrogens is 1. The Morgan fingerprint density at radius 3 is 2.73 bits per heavy atom. The maximum atomic E-state index is 5.58. The van der Waals surface area contributed by atoms with Crippen LogP contribution in [-0.4, -0.2) is 16.5 Å². The number of hydrogen-bond acceptors (Lipinski definition) is 3. The highest BCUT2D eigenvalue weighted by atomic mass is 32.1. The molecule has 0 aliphatic rings. The third kappa shape index (κ3) is 3.83. The van der Waals surface area contributed by atoms with E-state index in [2.05, 4.69) is 24.1 Å². The number of nitrogens with zero attached hydrogens (tertiary/aromatic N) is 1. The smallest absolute Gasteiger partial charge is 0.126 e. The number of pyridine rings is 1. The summed E-state index contributed by atoms with van der Waals surface area (Å²) in [4.78, 5) is 4.77. The van der Waals surface area contributed by atoms with Gasteiger partial charge in [-0.15, -0.1) is 0 Å². The Morgan fingerprint density at radius 2 is 2.20 bits per heavy atom. The molecule has 3 N–H and O–H groups in total. The van der Waals surface area contributed by atoms with E-state index in [9.17, 15) is 0 Å². The summed E-state index contributed by atoms with van der Waals surface area (Å²) < 4.78 is 0. The average molecular weight is 223 g/mol. The van der Waals surface area contributed by atoms with Crippen molar-refractivity contribution in [1.29, 1.82) is 0 Å². The standard InChI is InChI=1S/C11H17N3S/c1-7(2)6-13-10-5-9(11(12)15)4-8(3)14-10/h4-5,7H,6H2,1-3H3,(H2,12,15)(H,13,14). The van der Waals surface area contributed by atoms with E-state index < -0.39 is 0 Å². The van der Waals surface area contributed by atoms with E-state index in [1.54, 1.807) is 0 Å². The van der Waals surface area contributed by atoms with Crippen LogP contribution in [0.5, 0.6) is 0 Å². The van der Waals surface area contributed by atoms with Crippen LogP contribution in [0.4, 0.5) is 5.82 Å². The van der Waals surface area contributed by atoms with Gasteiger partial charge in [-0.25, -0.2) is 4.98 Å². The minimum absolute atomic E-state index is 0.410. The maximum absolute atomic E-state index is 5.58. The Kier molecular flexibility index (Phi) is 4.03. The molecule has 15 heavy (non-hydrogen) atoms. The number of anilines is 1. The SMILES string of the molecule is Cc1cc(C(N)=S)cc(NCC(C)C)n1. The molecule has 0 amide bonds. The van der Waals surface area contributed by atoms with Gasteiger partial charge in [0.15, 0.2) is 0 Å². The maximum Gasteiger partial charge on any atom is 0.126 e. The van der Waals surface area contributed by atoms with Crippen molar-refractivity contribution in [3.63, 3.8) is 0 Å². The van der Waals surface area contributed by atoms with Crippen LogP contribution in [0.3, 0.4) is 0 Å². The van der Waals surface area contributed by atoms with Crippen molar-refractivity contribution in [2.45, 2.75) is 20.8 Å². The molecule has 4 heteroatoms. The Morgan fingerprint density at radius 1 is 1.53 bits per heavy atom. The van der Waals surface area contributed by atoms with Gasteiger partial charge in [0, 0.05) is 17.8 Å². The van der Waals surface area contributed by atoms with Crippen LogP contribution in [0, 0.1) is 12.8 Å². The molecule has 0 bridgehead atoms. The van der Waals surface area contributed by atoms with Gasteiger partial charge in [-0.2, -0.15) is 0 Å². The molecule has 1 heterocycles. The molecule has 0 saturated heterocycles. The van der Waals surface area contributed by atoms with Gasteiger partial charge in [0.25, 0.3) is 0 Å². The van der Waals surface area contributed by atoms with E-state index in [-0.39, 0.29) is 0 Å². The average Bonchev–Trinajstić information content (AvgIpc) is 2.13. The molecule has 0 unspecified atom stereocenters. The molecular formula is C11H17N3S. The minimum Gasteiger partial charge on any atom is -0.389 e. The molecule has 0 spiro atoms. The van der Waals surface area contributed by atoms with Gasteiger partial charge in [-0.3, -0.25) is 0 Å². The fourth-order valence-corrected chi connectivity index (χ4v) is 1.33. The zero-order chi connectivity index (χ0) is 11.4. The Balaban J connectivity index is 2.84. The molecule has 0 aliphatic heterocycles. The number of nitrogens with two attached hydrogens (primary N) is 1. The summed E-state index contributed by atoms with van der Waals surface area (Å²) in [7, 11) is 0. The van der Waals surface area contributed by atoms with Crippen molar-refractivity contribution < 1.29 is 0 Å². The second-order valence-corrected chi connectivity index (χ2v) is 4.46. The quantitative estimate of drug-likeness (QED) is 0.767. The molecule has 0 radical (unpaired) electrons. The molecule has 1 aromatic rings. The van der Waals surface area contributed by atoms with Gasteiger partial charge in [0.2, 0.25) is 0 Å². The molecule has 0 saturated carbocycles. The topological polar surface area (TPSA) is 50.9 Å². The predicted octanol–water partition coefficient (Wildman–Crippen LogP) is 2.09. The second kappa shape index (κ2) is 5.07. The van der Waals surface area contributed by atoms with Crippen LogP contribution in [0.1, 0.15) is 25.1 Å². The van der Waals surface area contributed by atoms with Crippen molar-refractivity contribution in [3.8, 4) is 0 Å². The number of hydrogen-bond donors (Lipinski definition) is 2. The van der Waals surface area contributed by atoms with E-state index in [4.69, 9.17) is 18.0 Å². The molecule has 0 aromatic carbocycles. The molecule has 0 atom stereocenters. The van der Waals surface area contributed by atoms with Crippen molar-refractivity contribution >= 4 is 23.0 Å². The highest BCUT2D eigenvalue weighted by Gasteiger charge is 2.02. The molecule has 82 valence electrons. The number of rotatable bonds is 4. The Hall–Kier alpha value is -1.16. The zero-order valence-electron chi connectivity index (χ0n) is 9.37.